The lowest BCUT2D eigenvalue weighted by Gasteiger charge is -2.32. The molecular weight excluding hydrogens is 534 g/mol. The lowest BCUT2D eigenvalue weighted by Crippen LogP contribution is -2.51. The summed E-state index contributed by atoms with van der Waals surface area (Å²) >= 11 is 6.18. The number of carbonyl (C=O) groups excluding carboxylic acids is 2. The van der Waals surface area contributed by atoms with Crippen molar-refractivity contribution in [1.82, 2.24) is 10.2 Å². The van der Waals surface area contributed by atoms with Crippen molar-refractivity contribution < 1.29 is 18.0 Å². The quantitative estimate of drug-likeness (QED) is 0.278. The average molecular weight is 570 g/mol. The van der Waals surface area contributed by atoms with Crippen LogP contribution >= 0.6 is 11.6 Å². The van der Waals surface area contributed by atoms with Gasteiger partial charge in [-0.15, -0.1) is 0 Å². The summed E-state index contributed by atoms with van der Waals surface area (Å²) in [4.78, 5) is 28.4. The van der Waals surface area contributed by atoms with Crippen molar-refractivity contribution >= 4 is 39.1 Å². The van der Waals surface area contributed by atoms with Crippen LogP contribution in [0.2, 0.25) is 5.02 Å². The van der Waals surface area contributed by atoms with Gasteiger partial charge in [0.15, 0.2) is 0 Å². The van der Waals surface area contributed by atoms with Crippen LogP contribution in [0.15, 0.2) is 83.8 Å². The number of hydrogen-bond acceptors (Lipinski definition) is 4. The molecule has 0 spiro atoms. The molecule has 1 unspecified atom stereocenters. The van der Waals surface area contributed by atoms with Crippen LogP contribution < -0.4 is 9.62 Å². The van der Waals surface area contributed by atoms with Crippen LogP contribution in [-0.2, 0) is 32.6 Å². The largest absolute Gasteiger partial charge is 0.354 e. The Kier molecular flexibility index (Phi) is 10.9. The molecule has 3 rings (SSSR count). The number of nitrogens with zero attached hydrogens (tertiary/aromatic N) is 2. The van der Waals surface area contributed by atoms with E-state index in [0.29, 0.717) is 17.3 Å². The van der Waals surface area contributed by atoms with Crippen molar-refractivity contribution in [3.63, 3.8) is 0 Å². The highest BCUT2D eigenvalue weighted by Crippen LogP contribution is 2.25. The Morgan fingerprint density at radius 1 is 0.923 bits per heavy atom. The van der Waals surface area contributed by atoms with E-state index < -0.39 is 28.5 Å². The fourth-order valence-electron chi connectivity index (χ4n) is 4.10. The Labute approximate surface area is 236 Å². The molecule has 2 amide bonds. The number of unbranched alkanes of at least 4 members (excludes halogenated alkanes) is 1. The third-order valence-corrected chi connectivity index (χ3v) is 8.50. The van der Waals surface area contributed by atoms with Crippen LogP contribution in [0.3, 0.4) is 0 Å². The minimum Gasteiger partial charge on any atom is -0.354 e. The molecule has 3 aromatic carbocycles. The molecule has 0 aliphatic carbocycles. The van der Waals surface area contributed by atoms with E-state index in [9.17, 15) is 18.0 Å². The Morgan fingerprint density at radius 2 is 1.62 bits per heavy atom. The molecule has 9 heteroatoms. The van der Waals surface area contributed by atoms with Gasteiger partial charge in [0, 0.05) is 18.1 Å². The Hall–Kier alpha value is -3.36. The molecular formula is C30H36ClN3O4S. The van der Waals surface area contributed by atoms with E-state index in [1.807, 2.05) is 32.0 Å². The fraction of sp³-hybridized carbons (Fsp3) is 0.333. The first kappa shape index (κ1) is 30.2. The van der Waals surface area contributed by atoms with Crippen LogP contribution in [0.5, 0.6) is 0 Å². The van der Waals surface area contributed by atoms with Gasteiger partial charge < -0.3 is 10.2 Å². The third-order valence-electron chi connectivity index (χ3n) is 6.48. The van der Waals surface area contributed by atoms with Gasteiger partial charge in [-0.1, -0.05) is 74.3 Å². The molecule has 0 bridgehead atoms. The first-order chi connectivity index (χ1) is 18.7. The van der Waals surface area contributed by atoms with Gasteiger partial charge in [0.1, 0.15) is 12.6 Å². The van der Waals surface area contributed by atoms with Gasteiger partial charge in [0.25, 0.3) is 10.0 Å². The molecule has 39 heavy (non-hydrogen) atoms. The minimum atomic E-state index is -4.08. The standard InChI is InChI=1S/C30H36ClN3O4S/c1-4-6-19-32-30(36)23(3)33(21-25-11-10-12-26(31)20-25)29(35)22-34(27-17-15-24(5-2)16-18-27)39(37,38)28-13-8-7-9-14-28/h7-18,20,23H,4-6,19,21-22H2,1-3H3,(H,32,36). The highest BCUT2D eigenvalue weighted by molar-refractivity contribution is 7.92. The van der Waals surface area contributed by atoms with Gasteiger partial charge in [-0.3, -0.25) is 13.9 Å². The SMILES string of the molecule is CCCCNC(=O)C(C)N(Cc1cccc(Cl)c1)C(=O)CN(c1ccc(CC)cc1)S(=O)(=O)c1ccccc1. The third kappa shape index (κ3) is 8.07. The van der Waals surface area contributed by atoms with Crippen molar-refractivity contribution in [2.75, 3.05) is 17.4 Å². The number of anilines is 1. The molecule has 208 valence electrons. The zero-order valence-electron chi connectivity index (χ0n) is 22.6. The van der Waals surface area contributed by atoms with E-state index in [1.165, 1.54) is 17.0 Å². The van der Waals surface area contributed by atoms with E-state index in [0.717, 1.165) is 34.7 Å². The summed E-state index contributed by atoms with van der Waals surface area (Å²) in [5, 5.41) is 3.38. The normalized spacial score (nSPS) is 12.0. The molecule has 0 aliphatic heterocycles. The van der Waals surface area contributed by atoms with E-state index >= 15 is 0 Å². The molecule has 1 N–H and O–H groups in total. The van der Waals surface area contributed by atoms with Crippen LogP contribution in [0.1, 0.15) is 44.7 Å². The maximum atomic E-state index is 13.9. The van der Waals surface area contributed by atoms with Gasteiger partial charge in [-0.2, -0.15) is 0 Å². The highest BCUT2D eigenvalue weighted by atomic mass is 35.5. The number of carbonyl (C=O) groups is 2. The Balaban J connectivity index is 1.99. The summed E-state index contributed by atoms with van der Waals surface area (Å²) in [6.45, 7) is 5.80. The number of halogens is 1. The number of amides is 2. The van der Waals surface area contributed by atoms with Crippen molar-refractivity contribution in [1.29, 1.82) is 0 Å². The van der Waals surface area contributed by atoms with Crippen molar-refractivity contribution in [3.8, 4) is 0 Å². The van der Waals surface area contributed by atoms with Crippen molar-refractivity contribution in [2.24, 2.45) is 0 Å². The molecule has 1 atom stereocenters. The molecule has 0 aliphatic rings. The second kappa shape index (κ2) is 14.1. The first-order valence-electron chi connectivity index (χ1n) is 13.2. The van der Waals surface area contributed by atoms with Gasteiger partial charge in [-0.25, -0.2) is 8.42 Å². The molecule has 0 radical (unpaired) electrons. The van der Waals surface area contributed by atoms with Crippen molar-refractivity contribution in [3.05, 3.63) is 95.0 Å². The van der Waals surface area contributed by atoms with E-state index in [1.54, 1.807) is 55.5 Å². The predicted molar refractivity (Wildman–Crippen MR) is 156 cm³/mol. The monoisotopic (exact) mass is 569 g/mol. The number of aryl methyl sites for hydroxylation is 1. The topological polar surface area (TPSA) is 86.8 Å². The van der Waals surface area contributed by atoms with Crippen molar-refractivity contribution in [2.45, 2.75) is 57.5 Å². The molecule has 0 saturated heterocycles. The van der Waals surface area contributed by atoms with Crippen LogP contribution in [0.4, 0.5) is 5.69 Å². The maximum Gasteiger partial charge on any atom is 0.264 e. The lowest BCUT2D eigenvalue weighted by molar-refractivity contribution is -0.139. The average Bonchev–Trinajstić information content (AvgIpc) is 2.94. The van der Waals surface area contributed by atoms with Crippen LogP contribution in [0.25, 0.3) is 0 Å². The highest BCUT2D eigenvalue weighted by Gasteiger charge is 2.32. The molecule has 0 aromatic heterocycles. The number of nitrogens with one attached hydrogen (secondary N) is 1. The predicted octanol–water partition coefficient (Wildman–Crippen LogP) is 5.43. The molecule has 0 heterocycles. The lowest BCUT2D eigenvalue weighted by atomic mass is 10.1. The van der Waals surface area contributed by atoms with Crippen LogP contribution in [-0.4, -0.2) is 44.3 Å². The van der Waals surface area contributed by atoms with Crippen LogP contribution in [0, 0.1) is 0 Å². The molecule has 0 saturated carbocycles. The zero-order valence-corrected chi connectivity index (χ0v) is 24.2. The summed E-state index contributed by atoms with van der Waals surface area (Å²) < 4.78 is 28.7. The summed E-state index contributed by atoms with van der Waals surface area (Å²) in [5.74, 6) is -0.809. The fourth-order valence-corrected chi connectivity index (χ4v) is 5.75. The van der Waals surface area contributed by atoms with Gasteiger partial charge in [0.05, 0.1) is 10.6 Å². The Bertz CT molecular complexity index is 1350. The molecule has 3 aromatic rings. The first-order valence-corrected chi connectivity index (χ1v) is 15.0. The smallest absolute Gasteiger partial charge is 0.264 e. The number of rotatable bonds is 13. The number of benzene rings is 3. The van der Waals surface area contributed by atoms with E-state index in [2.05, 4.69) is 5.32 Å². The van der Waals surface area contributed by atoms with Gasteiger partial charge in [0.2, 0.25) is 11.8 Å². The summed E-state index contributed by atoms with van der Waals surface area (Å²) in [7, 11) is -4.08. The summed E-state index contributed by atoms with van der Waals surface area (Å²) in [5.41, 5.74) is 2.14. The molecule has 0 fully saturated rings. The van der Waals surface area contributed by atoms with E-state index in [-0.39, 0.29) is 17.3 Å². The van der Waals surface area contributed by atoms with E-state index in [4.69, 9.17) is 11.6 Å². The second-order valence-corrected chi connectivity index (χ2v) is 11.6. The zero-order chi connectivity index (χ0) is 28.4. The Morgan fingerprint density at radius 3 is 2.23 bits per heavy atom. The summed E-state index contributed by atoms with van der Waals surface area (Å²) in [6, 6.07) is 21.3. The van der Waals surface area contributed by atoms with Gasteiger partial charge >= 0.3 is 0 Å². The number of hydrogen-bond donors (Lipinski definition) is 1. The second-order valence-electron chi connectivity index (χ2n) is 9.32. The number of sulfonamides is 1. The molecule has 7 nitrogen and oxygen atoms in total. The minimum absolute atomic E-state index is 0.0733. The van der Waals surface area contributed by atoms with Gasteiger partial charge in [-0.05, 0) is 67.3 Å². The maximum absolute atomic E-state index is 13.9. The summed E-state index contributed by atoms with van der Waals surface area (Å²) in [6.07, 6.45) is 2.53.